The standard InChI is InChI=1S/C13H13BrN4O2/c1-18-7-8(14)5-11(18)12(19)16-9-3-2-4-10(6-9)17-13(15)20/h2-7H,1H3,(H,16,19)(H3,15,17,20). The van der Waals surface area contributed by atoms with Crippen molar-refractivity contribution in [2.75, 3.05) is 10.6 Å². The molecular weight excluding hydrogens is 324 g/mol. The number of carbonyl (C=O) groups excluding carboxylic acids is 2. The normalized spacial score (nSPS) is 10.1. The maximum Gasteiger partial charge on any atom is 0.316 e. The predicted molar refractivity (Wildman–Crippen MR) is 80.7 cm³/mol. The molecule has 0 aliphatic heterocycles. The molecule has 1 heterocycles. The molecule has 0 fully saturated rings. The van der Waals surface area contributed by atoms with Crippen molar-refractivity contribution in [1.29, 1.82) is 0 Å². The molecule has 2 aromatic rings. The fraction of sp³-hybridized carbons (Fsp3) is 0.0769. The van der Waals surface area contributed by atoms with Gasteiger partial charge < -0.3 is 20.9 Å². The highest BCUT2D eigenvalue weighted by molar-refractivity contribution is 9.10. The van der Waals surface area contributed by atoms with Gasteiger partial charge in [-0.1, -0.05) is 6.07 Å². The molecule has 3 amide bonds. The zero-order valence-corrected chi connectivity index (χ0v) is 12.3. The Morgan fingerprint density at radius 1 is 1.20 bits per heavy atom. The molecule has 7 heteroatoms. The largest absolute Gasteiger partial charge is 0.351 e. The van der Waals surface area contributed by atoms with Gasteiger partial charge in [-0.05, 0) is 40.2 Å². The number of halogens is 1. The van der Waals surface area contributed by atoms with Gasteiger partial charge in [0.05, 0.1) is 0 Å². The minimum atomic E-state index is -0.653. The lowest BCUT2D eigenvalue weighted by Gasteiger charge is -2.08. The maximum absolute atomic E-state index is 12.1. The summed E-state index contributed by atoms with van der Waals surface area (Å²) >= 11 is 3.31. The second-order valence-electron chi connectivity index (χ2n) is 4.18. The van der Waals surface area contributed by atoms with Crippen molar-refractivity contribution >= 4 is 39.2 Å². The molecule has 0 saturated carbocycles. The quantitative estimate of drug-likeness (QED) is 0.803. The van der Waals surface area contributed by atoms with Crippen LogP contribution in [0.15, 0.2) is 41.0 Å². The maximum atomic E-state index is 12.1. The van der Waals surface area contributed by atoms with E-state index in [1.807, 2.05) is 0 Å². The van der Waals surface area contributed by atoms with Crippen LogP contribution in [0.25, 0.3) is 0 Å². The topological polar surface area (TPSA) is 89.2 Å². The summed E-state index contributed by atoms with van der Waals surface area (Å²) in [5, 5.41) is 5.20. The second-order valence-corrected chi connectivity index (χ2v) is 5.09. The van der Waals surface area contributed by atoms with Crippen molar-refractivity contribution in [2.45, 2.75) is 0 Å². The first-order valence-electron chi connectivity index (χ1n) is 5.75. The number of carbonyl (C=O) groups is 2. The number of nitrogens with two attached hydrogens (primary N) is 1. The minimum Gasteiger partial charge on any atom is -0.351 e. The van der Waals surface area contributed by atoms with Crippen LogP contribution in [0, 0.1) is 0 Å². The first-order valence-corrected chi connectivity index (χ1v) is 6.55. The molecule has 6 nitrogen and oxygen atoms in total. The fourth-order valence-electron chi connectivity index (χ4n) is 1.76. The number of rotatable bonds is 3. The summed E-state index contributed by atoms with van der Waals surface area (Å²) in [6.45, 7) is 0. The van der Waals surface area contributed by atoms with Gasteiger partial charge in [0.15, 0.2) is 0 Å². The van der Waals surface area contributed by atoms with Crippen LogP contribution < -0.4 is 16.4 Å². The van der Waals surface area contributed by atoms with Crippen LogP contribution in [0.2, 0.25) is 0 Å². The van der Waals surface area contributed by atoms with Crippen LogP contribution >= 0.6 is 15.9 Å². The van der Waals surface area contributed by atoms with Gasteiger partial charge in [0.25, 0.3) is 5.91 Å². The smallest absolute Gasteiger partial charge is 0.316 e. The van der Waals surface area contributed by atoms with Gasteiger partial charge in [-0.25, -0.2) is 4.79 Å². The summed E-state index contributed by atoms with van der Waals surface area (Å²) in [5.41, 5.74) is 6.65. The first kappa shape index (κ1) is 14.1. The Labute approximate surface area is 124 Å². The summed E-state index contributed by atoms with van der Waals surface area (Å²) < 4.78 is 2.54. The van der Waals surface area contributed by atoms with Crippen LogP contribution in [0.3, 0.4) is 0 Å². The molecule has 0 bridgehead atoms. The molecule has 1 aromatic carbocycles. The van der Waals surface area contributed by atoms with Crippen LogP contribution in [0.4, 0.5) is 16.2 Å². The summed E-state index contributed by atoms with van der Waals surface area (Å²) in [7, 11) is 1.78. The number of primary amides is 1. The number of nitrogens with one attached hydrogen (secondary N) is 2. The molecule has 0 aliphatic carbocycles. The van der Waals surface area contributed by atoms with Crippen LogP contribution in [0.1, 0.15) is 10.5 Å². The number of nitrogens with zero attached hydrogens (tertiary/aromatic N) is 1. The Bertz CT molecular complexity index is 666. The Balaban J connectivity index is 2.15. The van der Waals surface area contributed by atoms with E-state index in [0.29, 0.717) is 17.1 Å². The molecule has 0 atom stereocenters. The number of hydrogen-bond donors (Lipinski definition) is 3. The van der Waals surface area contributed by atoms with E-state index in [9.17, 15) is 9.59 Å². The Morgan fingerprint density at radius 2 is 1.85 bits per heavy atom. The molecule has 20 heavy (non-hydrogen) atoms. The van der Waals surface area contributed by atoms with Crippen molar-refractivity contribution in [3.05, 3.63) is 46.7 Å². The average molecular weight is 337 g/mol. The second kappa shape index (κ2) is 5.79. The Morgan fingerprint density at radius 3 is 2.40 bits per heavy atom. The Hall–Kier alpha value is -2.28. The number of amides is 3. The highest BCUT2D eigenvalue weighted by Gasteiger charge is 2.11. The Kier molecular flexibility index (Phi) is 4.09. The van der Waals surface area contributed by atoms with Gasteiger partial charge >= 0.3 is 6.03 Å². The van der Waals surface area contributed by atoms with Crippen LogP contribution in [0.5, 0.6) is 0 Å². The highest BCUT2D eigenvalue weighted by atomic mass is 79.9. The molecule has 4 N–H and O–H groups in total. The molecule has 0 unspecified atom stereocenters. The highest BCUT2D eigenvalue weighted by Crippen LogP contribution is 2.18. The third-order valence-electron chi connectivity index (χ3n) is 2.59. The third-order valence-corrected chi connectivity index (χ3v) is 3.03. The molecule has 0 aliphatic rings. The lowest BCUT2D eigenvalue weighted by Crippen LogP contribution is -2.19. The van der Waals surface area contributed by atoms with E-state index < -0.39 is 6.03 Å². The van der Waals surface area contributed by atoms with Gasteiger partial charge in [-0.2, -0.15) is 0 Å². The van der Waals surface area contributed by atoms with Gasteiger partial charge in [0.1, 0.15) is 5.69 Å². The van der Waals surface area contributed by atoms with Crippen molar-refractivity contribution in [3.8, 4) is 0 Å². The monoisotopic (exact) mass is 336 g/mol. The number of urea groups is 1. The molecule has 0 saturated heterocycles. The lowest BCUT2D eigenvalue weighted by atomic mass is 10.2. The van der Waals surface area contributed by atoms with E-state index in [2.05, 4.69) is 26.6 Å². The van der Waals surface area contributed by atoms with Crippen molar-refractivity contribution < 1.29 is 9.59 Å². The minimum absolute atomic E-state index is 0.241. The number of benzene rings is 1. The van der Waals surface area contributed by atoms with Crippen molar-refractivity contribution in [3.63, 3.8) is 0 Å². The molecular formula is C13H13BrN4O2. The van der Waals surface area contributed by atoms with E-state index in [1.54, 1.807) is 48.1 Å². The summed E-state index contributed by atoms with van der Waals surface area (Å²) in [6, 6.07) is 7.81. The molecule has 1 aromatic heterocycles. The van der Waals surface area contributed by atoms with Gasteiger partial charge in [-0.3, -0.25) is 4.79 Å². The van der Waals surface area contributed by atoms with E-state index in [0.717, 1.165) is 4.47 Å². The summed E-state index contributed by atoms with van der Waals surface area (Å²) in [5.74, 6) is -0.241. The molecule has 0 spiro atoms. The van der Waals surface area contributed by atoms with Crippen LogP contribution in [-0.4, -0.2) is 16.5 Å². The third kappa shape index (κ3) is 3.39. The van der Waals surface area contributed by atoms with E-state index in [-0.39, 0.29) is 5.91 Å². The number of hydrogen-bond acceptors (Lipinski definition) is 2. The molecule has 0 radical (unpaired) electrons. The molecule has 104 valence electrons. The fourth-order valence-corrected chi connectivity index (χ4v) is 2.29. The van der Waals surface area contributed by atoms with Crippen LogP contribution in [-0.2, 0) is 7.05 Å². The van der Waals surface area contributed by atoms with Crippen molar-refractivity contribution in [2.24, 2.45) is 12.8 Å². The number of aryl methyl sites for hydroxylation is 1. The van der Waals surface area contributed by atoms with Gasteiger partial charge in [-0.15, -0.1) is 0 Å². The number of anilines is 2. The van der Waals surface area contributed by atoms with Gasteiger partial charge in [0, 0.05) is 29.1 Å². The SMILES string of the molecule is Cn1cc(Br)cc1C(=O)Nc1cccc(NC(N)=O)c1. The first-order chi connectivity index (χ1) is 9.45. The number of aromatic nitrogens is 1. The zero-order valence-electron chi connectivity index (χ0n) is 10.7. The van der Waals surface area contributed by atoms with E-state index in [4.69, 9.17) is 5.73 Å². The van der Waals surface area contributed by atoms with E-state index >= 15 is 0 Å². The zero-order chi connectivity index (χ0) is 14.7. The molecule has 2 rings (SSSR count). The van der Waals surface area contributed by atoms with Crippen molar-refractivity contribution in [1.82, 2.24) is 4.57 Å². The summed E-state index contributed by atoms with van der Waals surface area (Å²) in [4.78, 5) is 22.9. The average Bonchev–Trinajstić information content (AvgIpc) is 2.68. The summed E-state index contributed by atoms with van der Waals surface area (Å²) in [6.07, 6.45) is 1.79. The van der Waals surface area contributed by atoms with E-state index in [1.165, 1.54) is 0 Å². The predicted octanol–water partition coefficient (Wildman–Crippen LogP) is 2.53. The van der Waals surface area contributed by atoms with Gasteiger partial charge in [0.2, 0.25) is 0 Å². The lowest BCUT2D eigenvalue weighted by molar-refractivity contribution is 0.101.